The van der Waals surface area contributed by atoms with Crippen molar-refractivity contribution >= 4 is 11.9 Å². The number of carboxylic acid groups (broad SMARTS) is 1. The van der Waals surface area contributed by atoms with Crippen molar-refractivity contribution in [3.8, 4) is 0 Å². The van der Waals surface area contributed by atoms with Crippen LogP contribution in [0.4, 0.5) is 0 Å². The van der Waals surface area contributed by atoms with E-state index < -0.39 is 17.9 Å². The van der Waals surface area contributed by atoms with Crippen molar-refractivity contribution in [3.05, 3.63) is 0 Å². The van der Waals surface area contributed by atoms with Crippen LogP contribution < -0.4 is 11.1 Å². The van der Waals surface area contributed by atoms with Crippen LogP contribution in [-0.4, -0.2) is 29.6 Å². The fourth-order valence-electron chi connectivity index (χ4n) is 1.45. The highest BCUT2D eigenvalue weighted by Crippen LogP contribution is 2.10. The van der Waals surface area contributed by atoms with E-state index in [-0.39, 0.29) is 24.3 Å². The summed E-state index contributed by atoms with van der Waals surface area (Å²) < 4.78 is 0. The van der Waals surface area contributed by atoms with E-state index in [9.17, 15) is 9.59 Å². The molecule has 0 radical (unpaired) electrons. The summed E-state index contributed by atoms with van der Waals surface area (Å²) in [5.74, 6) is -1.66. The molecule has 0 aromatic rings. The van der Waals surface area contributed by atoms with Crippen molar-refractivity contribution in [2.24, 2.45) is 23.5 Å². The Morgan fingerprint density at radius 1 is 1.29 bits per heavy atom. The Labute approximate surface area is 103 Å². The van der Waals surface area contributed by atoms with Crippen LogP contribution in [-0.2, 0) is 9.59 Å². The van der Waals surface area contributed by atoms with Gasteiger partial charge < -0.3 is 16.2 Å². The normalized spacial score (nSPS) is 16.4. The van der Waals surface area contributed by atoms with Gasteiger partial charge in [-0.05, 0) is 11.8 Å². The van der Waals surface area contributed by atoms with Gasteiger partial charge in [-0.2, -0.15) is 0 Å². The maximum Gasteiger partial charge on any atom is 0.308 e. The summed E-state index contributed by atoms with van der Waals surface area (Å²) in [6.07, 6.45) is 0.821. The average Bonchev–Trinajstić information content (AvgIpc) is 2.25. The van der Waals surface area contributed by atoms with Gasteiger partial charge in [0.15, 0.2) is 0 Å². The molecule has 5 heteroatoms. The SMILES string of the molecule is CCC(C)[C@H](N)C(=O)NCC(C(=O)O)C(C)C. The van der Waals surface area contributed by atoms with Crippen LogP contribution >= 0.6 is 0 Å². The Hall–Kier alpha value is -1.10. The molecule has 17 heavy (non-hydrogen) atoms. The third-order valence-electron chi connectivity index (χ3n) is 3.18. The third kappa shape index (κ3) is 5.17. The van der Waals surface area contributed by atoms with Crippen LogP contribution in [0.5, 0.6) is 0 Å². The summed E-state index contributed by atoms with van der Waals surface area (Å²) in [6, 6.07) is -0.568. The van der Waals surface area contributed by atoms with Gasteiger partial charge in [0.25, 0.3) is 0 Å². The Kier molecular flexibility index (Phi) is 6.80. The zero-order valence-electron chi connectivity index (χ0n) is 11.1. The molecule has 100 valence electrons. The minimum absolute atomic E-state index is 0.0207. The lowest BCUT2D eigenvalue weighted by Gasteiger charge is -2.21. The molecule has 1 amide bonds. The second-order valence-electron chi connectivity index (χ2n) is 4.85. The van der Waals surface area contributed by atoms with Crippen molar-refractivity contribution in [3.63, 3.8) is 0 Å². The molecule has 0 aliphatic heterocycles. The lowest BCUT2D eigenvalue weighted by molar-refractivity contribution is -0.143. The maximum absolute atomic E-state index is 11.7. The molecular weight excluding hydrogens is 220 g/mol. The number of hydrogen-bond donors (Lipinski definition) is 3. The molecule has 5 nitrogen and oxygen atoms in total. The average molecular weight is 244 g/mol. The molecule has 0 saturated carbocycles. The van der Waals surface area contributed by atoms with E-state index in [0.717, 1.165) is 6.42 Å². The van der Waals surface area contributed by atoms with Crippen LogP contribution in [0, 0.1) is 17.8 Å². The van der Waals surface area contributed by atoms with Gasteiger partial charge in [0, 0.05) is 6.54 Å². The second-order valence-corrected chi connectivity index (χ2v) is 4.85. The summed E-state index contributed by atoms with van der Waals surface area (Å²) >= 11 is 0. The smallest absolute Gasteiger partial charge is 0.308 e. The Bertz CT molecular complexity index is 266. The van der Waals surface area contributed by atoms with E-state index in [4.69, 9.17) is 10.8 Å². The highest BCUT2D eigenvalue weighted by molar-refractivity contribution is 5.82. The van der Waals surface area contributed by atoms with Crippen LogP contribution in [0.1, 0.15) is 34.1 Å². The fraction of sp³-hybridized carbons (Fsp3) is 0.833. The first-order valence-corrected chi connectivity index (χ1v) is 6.07. The molecule has 0 fully saturated rings. The molecule has 0 spiro atoms. The number of carbonyl (C=O) groups is 2. The number of hydrogen-bond acceptors (Lipinski definition) is 3. The molecule has 0 aromatic heterocycles. The zero-order valence-corrected chi connectivity index (χ0v) is 11.1. The van der Waals surface area contributed by atoms with E-state index in [2.05, 4.69) is 5.32 Å². The first-order valence-electron chi connectivity index (χ1n) is 6.07. The van der Waals surface area contributed by atoms with Crippen molar-refractivity contribution in [1.29, 1.82) is 0 Å². The van der Waals surface area contributed by atoms with Gasteiger partial charge in [-0.1, -0.05) is 34.1 Å². The molecule has 0 heterocycles. The van der Waals surface area contributed by atoms with Gasteiger partial charge in [0.05, 0.1) is 12.0 Å². The molecule has 0 aromatic carbocycles. The fourth-order valence-corrected chi connectivity index (χ4v) is 1.45. The third-order valence-corrected chi connectivity index (χ3v) is 3.18. The van der Waals surface area contributed by atoms with Crippen molar-refractivity contribution in [1.82, 2.24) is 5.32 Å². The topological polar surface area (TPSA) is 92.4 Å². The summed E-state index contributed by atoms with van der Waals surface area (Å²) in [7, 11) is 0. The van der Waals surface area contributed by atoms with Gasteiger partial charge in [-0.15, -0.1) is 0 Å². The number of carboxylic acids is 1. The highest BCUT2D eigenvalue weighted by atomic mass is 16.4. The van der Waals surface area contributed by atoms with Crippen molar-refractivity contribution < 1.29 is 14.7 Å². The molecule has 0 aliphatic carbocycles. The van der Waals surface area contributed by atoms with Crippen LogP contribution in [0.2, 0.25) is 0 Å². The van der Waals surface area contributed by atoms with Gasteiger partial charge in [-0.25, -0.2) is 0 Å². The monoisotopic (exact) mass is 244 g/mol. The number of nitrogens with one attached hydrogen (secondary N) is 1. The van der Waals surface area contributed by atoms with Crippen molar-refractivity contribution in [2.75, 3.05) is 6.54 Å². The summed E-state index contributed by atoms with van der Waals surface area (Å²) in [5.41, 5.74) is 5.75. The van der Waals surface area contributed by atoms with Crippen molar-refractivity contribution in [2.45, 2.75) is 40.2 Å². The van der Waals surface area contributed by atoms with Crippen LogP contribution in [0.25, 0.3) is 0 Å². The van der Waals surface area contributed by atoms with E-state index in [1.807, 2.05) is 27.7 Å². The summed E-state index contributed by atoms with van der Waals surface area (Å²) in [6.45, 7) is 7.64. The highest BCUT2D eigenvalue weighted by Gasteiger charge is 2.24. The predicted molar refractivity (Wildman–Crippen MR) is 66.4 cm³/mol. The molecule has 0 bridgehead atoms. The van der Waals surface area contributed by atoms with E-state index in [1.165, 1.54) is 0 Å². The van der Waals surface area contributed by atoms with E-state index in [1.54, 1.807) is 0 Å². The Morgan fingerprint density at radius 2 is 1.82 bits per heavy atom. The molecular formula is C12H24N2O3. The van der Waals surface area contributed by atoms with Crippen LogP contribution in [0.15, 0.2) is 0 Å². The molecule has 0 aliphatic rings. The van der Waals surface area contributed by atoms with E-state index in [0.29, 0.717) is 0 Å². The number of rotatable bonds is 7. The minimum atomic E-state index is -0.891. The molecule has 0 saturated heterocycles. The van der Waals surface area contributed by atoms with Gasteiger partial charge in [0.1, 0.15) is 0 Å². The Balaban J connectivity index is 4.26. The first-order chi connectivity index (χ1) is 7.81. The van der Waals surface area contributed by atoms with Gasteiger partial charge >= 0.3 is 5.97 Å². The van der Waals surface area contributed by atoms with Gasteiger partial charge in [-0.3, -0.25) is 9.59 Å². The minimum Gasteiger partial charge on any atom is -0.481 e. The second kappa shape index (κ2) is 7.27. The largest absolute Gasteiger partial charge is 0.481 e. The quantitative estimate of drug-likeness (QED) is 0.618. The first kappa shape index (κ1) is 15.9. The van der Waals surface area contributed by atoms with Gasteiger partial charge in [0.2, 0.25) is 5.91 Å². The number of aliphatic carboxylic acids is 1. The standard InChI is InChI=1S/C12H24N2O3/c1-5-8(4)10(13)11(15)14-6-9(7(2)3)12(16)17/h7-10H,5-6,13H2,1-4H3,(H,14,15)(H,16,17)/t8?,9?,10-/m0/s1. The predicted octanol–water partition coefficient (Wildman–Crippen LogP) is 0.833. The summed E-state index contributed by atoms with van der Waals surface area (Å²) in [5, 5.41) is 11.6. The number of nitrogens with two attached hydrogens (primary N) is 1. The lowest BCUT2D eigenvalue weighted by Crippen LogP contribution is -2.47. The molecule has 4 N–H and O–H groups in total. The number of amides is 1. The van der Waals surface area contributed by atoms with Crippen LogP contribution in [0.3, 0.4) is 0 Å². The molecule has 2 unspecified atom stereocenters. The maximum atomic E-state index is 11.7. The lowest BCUT2D eigenvalue weighted by atomic mass is 9.95. The summed E-state index contributed by atoms with van der Waals surface area (Å²) in [4.78, 5) is 22.6. The number of carbonyl (C=O) groups excluding carboxylic acids is 1. The van der Waals surface area contributed by atoms with E-state index >= 15 is 0 Å². The molecule has 0 rings (SSSR count). The molecule has 3 atom stereocenters. The zero-order chi connectivity index (χ0) is 13.6. The Morgan fingerprint density at radius 3 is 2.18 bits per heavy atom.